The number of piperazine rings is 1. The molecule has 0 N–H and O–H groups in total. The fraction of sp³-hybridized carbons (Fsp3) is 0.200. The summed E-state index contributed by atoms with van der Waals surface area (Å²) in [4.78, 5) is 19.2. The van der Waals surface area contributed by atoms with Gasteiger partial charge in [-0.1, -0.05) is 18.2 Å². The Morgan fingerprint density at radius 2 is 1.78 bits per heavy atom. The molecule has 2 aromatic carbocycles. The maximum Gasteiger partial charge on any atom is 0.265 e. The number of thiazole rings is 1. The average molecular weight is 490 g/mol. The van der Waals surface area contributed by atoms with Crippen molar-refractivity contribution < 1.29 is 17.6 Å². The standard InChI is InChI=1S/C20H16FN5O3S3/c21-14-5-2-1-4-13(14)19-22-12-16(30-19)20(27)25-8-10-26(11-9-25)32(28,29)17-7-3-6-15-18(17)24-31-23-15/h1-7,12H,8-11H2. The van der Waals surface area contributed by atoms with E-state index in [1.807, 2.05) is 0 Å². The second-order valence-corrected chi connectivity index (χ2v) is 10.6. The van der Waals surface area contributed by atoms with Crippen LogP contribution in [0.4, 0.5) is 4.39 Å². The summed E-state index contributed by atoms with van der Waals surface area (Å²) >= 11 is 2.09. The molecule has 1 saturated heterocycles. The number of benzene rings is 2. The lowest BCUT2D eigenvalue weighted by Gasteiger charge is -2.33. The van der Waals surface area contributed by atoms with Gasteiger partial charge in [0.05, 0.1) is 17.9 Å². The molecule has 5 rings (SSSR count). The van der Waals surface area contributed by atoms with Crippen LogP contribution in [0, 0.1) is 5.82 Å². The SMILES string of the molecule is O=C(c1cnc(-c2ccccc2F)s1)N1CCN(S(=O)(=O)c2cccc3nsnc23)CC1. The minimum Gasteiger partial charge on any atom is -0.335 e. The second kappa shape index (κ2) is 8.28. The molecule has 0 bridgehead atoms. The van der Waals surface area contributed by atoms with Gasteiger partial charge in [-0.3, -0.25) is 4.79 Å². The maximum absolute atomic E-state index is 14.0. The van der Waals surface area contributed by atoms with Crippen LogP contribution in [0.15, 0.2) is 53.6 Å². The van der Waals surface area contributed by atoms with Crippen LogP contribution in [0.1, 0.15) is 9.67 Å². The fourth-order valence-corrected chi connectivity index (χ4v) is 6.63. The first-order valence-electron chi connectivity index (χ1n) is 9.66. The van der Waals surface area contributed by atoms with E-state index < -0.39 is 15.8 Å². The molecule has 1 aliphatic rings. The number of halogens is 1. The van der Waals surface area contributed by atoms with Gasteiger partial charge in [-0.15, -0.1) is 11.3 Å². The van der Waals surface area contributed by atoms with E-state index >= 15 is 0 Å². The molecule has 4 aromatic rings. The summed E-state index contributed by atoms with van der Waals surface area (Å²) in [5.74, 6) is -0.641. The van der Waals surface area contributed by atoms with Crippen molar-refractivity contribution in [2.24, 2.45) is 0 Å². The molecule has 0 saturated carbocycles. The molecule has 0 unspecified atom stereocenters. The van der Waals surface area contributed by atoms with Gasteiger partial charge in [0.25, 0.3) is 5.91 Å². The highest BCUT2D eigenvalue weighted by Gasteiger charge is 2.32. The fourth-order valence-electron chi connectivity index (χ4n) is 3.55. The van der Waals surface area contributed by atoms with Crippen LogP contribution in [0.25, 0.3) is 21.6 Å². The van der Waals surface area contributed by atoms with Gasteiger partial charge in [0.1, 0.15) is 31.6 Å². The number of fused-ring (bicyclic) bond motifs is 1. The minimum absolute atomic E-state index is 0.125. The van der Waals surface area contributed by atoms with Crippen LogP contribution in [0.5, 0.6) is 0 Å². The van der Waals surface area contributed by atoms with Gasteiger partial charge >= 0.3 is 0 Å². The summed E-state index contributed by atoms with van der Waals surface area (Å²) in [5, 5.41) is 0.428. The van der Waals surface area contributed by atoms with E-state index in [1.165, 1.54) is 22.6 Å². The third-order valence-electron chi connectivity index (χ3n) is 5.21. The summed E-state index contributed by atoms with van der Waals surface area (Å²) in [6, 6.07) is 11.2. The van der Waals surface area contributed by atoms with Crippen molar-refractivity contribution in [2.45, 2.75) is 4.90 Å². The molecule has 1 aliphatic heterocycles. The smallest absolute Gasteiger partial charge is 0.265 e. The first kappa shape index (κ1) is 21.1. The van der Waals surface area contributed by atoms with E-state index in [0.717, 1.165) is 23.1 Å². The zero-order valence-electron chi connectivity index (χ0n) is 16.5. The molecule has 3 heterocycles. The Labute approximate surface area is 191 Å². The van der Waals surface area contributed by atoms with E-state index in [1.54, 1.807) is 35.2 Å². The lowest BCUT2D eigenvalue weighted by atomic mass is 10.2. The molecule has 2 aromatic heterocycles. The van der Waals surface area contributed by atoms with E-state index in [9.17, 15) is 17.6 Å². The summed E-state index contributed by atoms with van der Waals surface area (Å²) in [5.41, 5.74) is 1.25. The van der Waals surface area contributed by atoms with Crippen molar-refractivity contribution in [1.29, 1.82) is 0 Å². The minimum atomic E-state index is -3.76. The van der Waals surface area contributed by atoms with Gasteiger partial charge in [-0.2, -0.15) is 13.1 Å². The summed E-state index contributed by atoms with van der Waals surface area (Å²) in [6.45, 7) is 0.828. The largest absolute Gasteiger partial charge is 0.335 e. The first-order valence-corrected chi connectivity index (χ1v) is 12.7. The first-order chi connectivity index (χ1) is 15.4. The van der Waals surface area contributed by atoms with Gasteiger partial charge in [0.2, 0.25) is 10.0 Å². The maximum atomic E-state index is 14.0. The number of carbonyl (C=O) groups is 1. The Balaban J connectivity index is 1.30. The Hall–Kier alpha value is -2.80. The molecule has 32 heavy (non-hydrogen) atoms. The molecule has 0 aliphatic carbocycles. The molecular formula is C20H16FN5O3S3. The van der Waals surface area contributed by atoms with Gasteiger partial charge in [-0.25, -0.2) is 17.8 Å². The normalized spacial score (nSPS) is 15.3. The topological polar surface area (TPSA) is 96.4 Å². The van der Waals surface area contributed by atoms with E-state index in [-0.39, 0.29) is 37.0 Å². The third-order valence-corrected chi connectivity index (χ3v) is 8.70. The van der Waals surface area contributed by atoms with Gasteiger partial charge in [0.15, 0.2) is 0 Å². The van der Waals surface area contributed by atoms with Crippen molar-refractivity contribution >= 4 is 50.0 Å². The molecule has 0 spiro atoms. The molecule has 12 heteroatoms. The van der Waals surface area contributed by atoms with Crippen LogP contribution in [-0.2, 0) is 10.0 Å². The van der Waals surface area contributed by atoms with Crippen molar-refractivity contribution in [2.75, 3.05) is 26.2 Å². The van der Waals surface area contributed by atoms with Crippen molar-refractivity contribution in [3.63, 3.8) is 0 Å². The van der Waals surface area contributed by atoms with Crippen molar-refractivity contribution in [3.8, 4) is 10.6 Å². The Morgan fingerprint density at radius 3 is 2.56 bits per heavy atom. The zero-order valence-corrected chi connectivity index (χ0v) is 19.0. The Kier molecular flexibility index (Phi) is 5.45. The number of amides is 1. The number of nitrogens with zero attached hydrogens (tertiary/aromatic N) is 5. The van der Waals surface area contributed by atoms with Crippen LogP contribution in [-0.4, -0.2) is 63.4 Å². The lowest BCUT2D eigenvalue weighted by molar-refractivity contribution is 0.0702. The molecular weight excluding hydrogens is 473 g/mol. The quantitative estimate of drug-likeness (QED) is 0.437. The van der Waals surface area contributed by atoms with Gasteiger partial charge in [-0.05, 0) is 24.3 Å². The van der Waals surface area contributed by atoms with E-state index in [4.69, 9.17) is 0 Å². The Morgan fingerprint density at radius 1 is 1.00 bits per heavy atom. The number of hydrogen-bond acceptors (Lipinski definition) is 8. The van der Waals surface area contributed by atoms with Gasteiger partial charge in [0, 0.05) is 31.7 Å². The highest BCUT2D eigenvalue weighted by atomic mass is 32.2. The molecule has 0 radical (unpaired) electrons. The number of sulfonamides is 1. The van der Waals surface area contributed by atoms with Crippen molar-refractivity contribution in [1.82, 2.24) is 22.9 Å². The van der Waals surface area contributed by atoms with E-state index in [0.29, 0.717) is 26.5 Å². The Bertz CT molecular complexity index is 1410. The molecule has 8 nitrogen and oxygen atoms in total. The zero-order chi connectivity index (χ0) is 22.3. The highest BCUT2D eigenvalue weighted by Crippen LogP contribution is 2.29. The van der Waals surface area contributed by atoms with E-state index in [2.05, 4.69) is 13.7 Å². The summed E-state index contributed by atoms with van der Waals surface area (Å²) < 4.78 is 49.9. The third kappa shape index (κ3) is 3.68. The molecule has 164 valence electrons. The number of rotatable bonds is 4. The summed E-state index contributed by atoms with van der Waals surface area (Å²) in [6.07, 6.45) is 1.44. The predicted octanol–water partition coefficient (Wildman–Crippen LogP) is 3.10. The highest BCUT2D eigenvalue weighted by molar-refractivity contribution is 7.89. The predicted molar refractivity (Wildman–Crippen MR) is 120 cm³/mol. The second-order valence-electron chi connectivity index (χ2n) is 7.09. The van der Waals surface area contributed by atoms with Crippen LogP contribution in [0.3, 0.4) is 0 Å². The number of carbonyl (C=O) groups excluding carboxylic acids is 1. The monoisotopic (exact) mass is 489 g/mol. The number of hydrogen-bond donors (Lipinski definition) is 0. The van der Waals surface area contributed by atoms with Crippen LogP contribution < -0.4 is 0 Å². The van der Waals surface area contributed by atoms with Gasteiger partial charge < -0.3 is 4.90 Å². The summed E-state index contributed by atoms with van der Waals surface area (Å²) in [7, 11) is -3.76. The van der Waals surface area contributed by atoms with Crippen LogP contribution >= 0.6 is 23.1 Å². The number of aromatic nitrogens is 3. The molecule has 1 amide bonds. The lowest BCUT2D eigenvalue weighted by Crippen LogP contribution is -2.50. The van der Waals surface area contributed by atoms with Crippen LogP contribution in [0.2, 0.25) is 0 Å². The molecule has 1 fully saturated rings. The van der Waals surface area contributed by atoms with Crippen molar-refractivity contribution in [3.05, 3.63) is 59.4 Å². The molecule has 0 atom stereocenters. The average Bonchev–Trinajstić information content (AvgIpc) is 3.48.